The van der Waals surface area contributed by atoms with Gasteiger partial charge in [0.1, 0.15) is 5.82 Å². The SMILES string of the molecule is Cc1ccc(NC(=O)NC(c2nccn2C)C(C)C)cc1C#N. The number of carbonyl (C=O) groups is 1. The van der Waals surface area contributed by atoms with Crippen molar-refractivity contribution in [2.45, 2.75) is 26.8 Å². The molecule has 1 aromatic carbocycles. The van der Waals surface area contributed by atoms with Crippen LogP contribution in [0.5, 0.6) is 0 Å². The van der Waals surface area contributed by atoms with E-state index in [0.29, 0.717) is 11.3 Å². The number of anilines is 1. The van der Waals surface area contributed by atoms with E-state index in [4.69, 9.17) is 5.26 Å². The highest BCUT2D eigenvalue weighted by molar-refractivity contribution is 5.89. The molecule has 2 rings (SSSR count). The van der Waals surface area contributed by atoms with E-state index >= 15 is 0 Å². The Labute approximate surface area is 136 Å². The fourth-order valence-electron chi connectivity index (χ4n) is 2.33. The van der Waals surface area contributed by atoms with E-state index in [0.717, 1.165) is 11.4 Å². The Morgan fingerprint density at radius 3 is 2.70 bits per heavy atom. The third kappa shape index (κ3) is 3.89. The van der Waals surface area contributed by atoms with Crippen LogP contribution in [0, 0.1) is 24.2 Å². The first-order valence-electron chi connectivity index (χ1n) is 7.48. The van der Waals surface area contributed by atoms with Gasteiger partial charge in [0.25, 0.3) is 0 Å². The van der Waals surface area contributed by atoms with Gasteiger partial charge in [0.05, 0.1) is 17.7 Å². The van der Waals surface area contributed by atoms with Crippen molar-refractivity contribution in [1.29, 1.82) is 5.26 Å². The standard InChI is InChI=1S/C17H21N5O/c1-11(2)15(16-19-7-8-22(16)4)21-17(23)20-14-6-5-12(3)13(9-14)10-18/h5-9,11,15H,1-4H3,(H2,20,21,23). The van der Waals surface area contributed by atoms with Crippen LogP contribution in [0.25, 0.3) is 0 Å². The summed E-state index contributed by atoms with van der Waals surface area (Å²) in [6.45, 7) is 5.91. The summed E-state index contributed by atoms with van der Waals surface area (Å²) in [6, 6.07) is 6.85. The van der Waals surface area contributed by atoms with Gasteiger partial charge < -0.3 is 15.2 Å². The predicted molar refractivity (Wildman–Crippen MR) is 88.8 cm³/mol. The largest absolute Gasteiger partial charge is 0.336 e. The molecule has 0 aliphatic rings. The molecule has 2 aromatic rings. The molecule has 1 unspecified atom stereocenters. The van der Waals surface area contributed by atoms with Crippen molar-refractivity contribution >= 4 is 11.7 Å². The fraction of sp³-hybridized carbons (Fsp3) is 0.353. The van der Waals surface area contributed by atoms with Crippen LogP contribution in [0.3, 0.4) is 0 Å². The number of hydrogen-bond acceptors (Lipinski definition) is 3. The number of nitrogens with one attached hydrogen (secondary N) is 2. The van der Waals surface area contributed by atoms with Gasteiger partial charge in [0.15, 0.2) is 0 Å². The lowest BCUT2D eigenvalue weighted by atomic mass is 10.0. The number of aromatic nitrogens is 2. The summed E-state index contributed by atoms with van der Waals surface area (Å²) in [5.41, 5.74) is 2.02. The number of hydrogen-bond donors (Lipinski definition) is 2. The summed E-state index contributed by atoms with van der Waals surface area (Å²) in [6.07, 6.45) is 3.56. The van der Waals surface area contributed by atoms with E-state index in [1.807, 2.05) is 44.6 Å². The molecule has 2 N–H and O–H groups in total. The van der Waals surface area contributed by atoms with Crippen LogP contribution < -0.4 is 10.6 Å². The van der Waals surface area contributed by atoms with Gasteiger partial charge in [0.2, 0.25) is 0 Å². The van der Waals surface area contributed by atoms with E-state index < -0.39 is 0 Å². The third-order valence-corrected chi connectivity index (χ3v) is 3.71. The second-order valence-corrected chi connectivity index (χ2v) is 5.86. The van der Waals surface area contributed by atoms with Crippen LogP contribution in [0.4, 0.5) is 10.5 Å². The Bertz CT molecular complexity index is 742. The Morgan fingerprint density at radius 2 is 2.13 bits per heavy atom. The average molecular weight is 311 g/mol. The minimum absolute atomic E-state index is 0.189. The number of carbonyl (C=O) groups excluding carboxylic acids is 1. The first-order chi connectivity index (χ1) is 10.9. The minimum Gasteiger partial charge on any atom is -0.336 e. The van der Waals surface area contributed by atoms with Crippen molar-refractivity contribution < 1.29 is 4.79 Å². The number of benzene rings is 1. The number of amides is 2. The zero-order chi connectivity index (χ0) is 17.0. The Kier molecular flexibility index (Phi) is 5.02. The van der Waals surface area contributed by atoms with E-state index in [1.165, 1.54) is 0 Å². The molecule has 120 valence electrons. The normalized spacial score (nSPS) is 11.8. The van der Waals surface area contributed by atoms with E-state index in [9.17, 15) is 4.79 Å². The molecule has 0 bridgehead atoms. The highest BCUT2D eigenvalue weighted by Gasteiger charge is 2.22. The number of aryl methyl sites for hydroxylation is 2. The smallest absolute Gasteiger partial charge is 0.319 e. The molecule has 23 heavy (non-hydrogen) atoms. The predicted octanol–water partition coefficient (Wildman–Crippen LogP) is 3.12. The second kappa shape index (κ2) is 6.97. The second-order valence-electron chi connectivity index (χ2n) is 5.86. The maximum atomic E-state index is 12.3. The zero-order valence-electron chi connectivity index (χ0n) is 13.8. The molecule has 0 aliphatic carbocycles. The highest BCUT2D eigenvalue weighted by Crippen LogP contribution is 2.20. The van der Waals surface area contributed by atoms with Crippen LogP contribution in [-0.2, 0) is 7.05 Å². The summed E-state index contributed by atoms with van der Waals surface area (Å²) >= 11 is 0. The van der Waals surface area contributed by atoms with Gasteiger partial charge in [-0.3, -0.25) is 0 Å². The summed E-state index contributed by atoms with van der Waals surface area (Å²) in [7, 11) is 1.90. The number of imidazole rings is 1. The number of rotatable bonds is 4. The number of nitrogens with zero attached hydrogens (tertiary/aromatic N) is 3. The van der Waals surface area contributed by atoms with E-state index in [-0.39, 0.29) is 18.0 Å². The molecular formula is C17H21N5O. The molecule has 0 saturated carbocycles. The Hall–Kier alpha value is -2.81. The molecule has 0 aliphatic heterocycles. The first-order valence-corrected chi connectivity index (χ1v) is 7.48. The van der Waals surface area contributed by atoms with Gasteiger partial charge >= 0.3 is 6.03 Å². The van der Waals surface area contributed by atoms with Crippen LogP contribution in [0.15, 0.2) is 30.6 Å². The van der Waals surface area contributed by atoms with Gasteiger partial charge in [-0.1, -0.05) is 19.9 Å². The molecule has 1 aromatic heterocycles. The quantitative estimate of drug-likeness (QED) is 0.910. The zero-order valence-corrected chi connectivity index (χ0v) is 13.8. The number of nitriles is 1. The minimum atomic E-state index is -0.320. The molecule has 1 atom stereocenters. The molecule has 6 heteroatoms. The van der Waals surface area contributed by atoms with Crippen molar-refractivity contribution in [3.63, 3.8) is 0 Å². The lowest BCUT2D eigenvalue weighted by Crippen LogP contribution is -2.36. The summed E-state index contributed by atoms with van der Waals surface area (Å²) in [5, 5.41) is 14.8. The van der Waals surface area contributed by atoms with Crippen molar-refractivity contribution in [1.82, 2.24) is 14.9 Å². The molecule has 2 amide bonds. The highest BCUT2D eigenvalue weighted by atomic mass is 16.2. The maximum absolute atomic E-state index is 12.3. The van der Waals surface area contributed by atoms with Crippen LogP contribution >= 0.6 is 0 Å². The molecule has 0 spiro atoms. The van der Waals surface area contributed by atoms with Crippen molar-refractivity contribution in [3.8, 4) is 6.07 Å². The van der Waals surface area contributed by atoms with Crippen molar-refractivity contribution in [2.75, 3.05) is 5.32 Å². The van der Waals surface area contributed by atoms with Gasteiger partial charge in [-0.25, -0.2) is 9.78 Å². The number of urea groups is 1. The molecule has 0 radical (unpaired) electrons. The summed E-state index contributed by atoms with van der Waals surface area (Å²) in [5.74, 6) is 0.992. The van der Waals surface area contributed by atoms with Crippen LogP contribution in [0.2, 0.25) is 0 Å². The van der Waals surface area contributed by atoms with Crippen molar-refractivity contribution in [2.24, 2.45) is 13.0 Å². The molecular weight excluding hydrogens is 290 g/mol. The van der Waals surface area contributed by atoms with Gasteiger partial charge in [-0.15, -0.1) is 0 Å². The molecule has 0 fully saturated rings. The molecule has 0 saturated heterocycles. The third-order valence-electron chi connectivity index (χ3n) is 3.71. The maximum Gasteiger partial charge on any atom is 0.319 e. The Morgan fingerprint density at radius 1 is 1.39 bits per heavy atom. The summed E-state index contributed by atoms with van der Waals surface area (Å²) in [4.78, 5) is 16.6. The van der Waals surface area contributed by atoms with E-state index in [1.54, 1.807) is 18.3 Å². The molecule has 1 heterocycles. The Balaban J connectivity index is 2.11. The lowest BCUT2D eigenvalue weighted by Gasteiger charge is -2.22. The average Bonchev–Trinajstić information content (AvgIpc) is 2.92. The fourth-order valence-corrected chi connectivity index (χ4v) is 2.33. The lowest BCUT2D eigenvalue weighted by molar-refractivity contribution is 0.243. The topological polar surface area (TPSA) is 82.7 Å². The first kappa shape index (κ1) is 16.6. The van der Waals surface area contributed by atoms with Gasteiger partial charge in [-0.05, 0) is 30.5 Å². The van der Waals surface area contributed by atoms with Crippen molar-refractivity contribution in [3.05, 3.63) is 47.5 Å². The monoisotopic (exact) mass is 311 g/mol. The summed E-state index contributed by atoms with van der Waals surface area (Å²) < 4.78 is 1.89. The van der Waals surface area contributed by atoms with Crippen LogP contribution in [-0.4, -0.2) is 15.6 Å². The van der Waals surface area contributed by atoms with Gasteiger partial charge in [-0.2, -0.15) is 5.26 Å². The molecule has 6 nitrogen and oxygen atoms in total. The van der Waals surface area contributed by atoms with E-state index in [2.05, 4.69) is 21.7 Å². The van der Waals surface area contributed by atoms with Gasteiger partial charge in [0, 0.05) is 25.1 Å². The van der Waals surface area contributed by atoms with Crippen LogP contribution in [0.1, 0.15) is 36.8 Å².